The van der Waals surface area contributed by atoms with Crippen LogP contribution in [0.1, 0.15) is 15.9 Å². The van der Waals surface area contributed by atoms with Gasteiger partial charge >= 0.3 is 0 Å². The van der Waals surface area contributed by atoms with Gasteiger partial charge in [-0.3, -0.25) is 4.79 Å². The smallest absolute Gasteiger partial charge is 0.254 e. The number of phenolic OH excluding ortho intramolecular Hbond substituents is 1. The van der Waals surface area contributed by atoms with Crippen molar-refractivity contribution in [1.29, 1.82) is 0 Å². The first kappa shape index (κ1) is 13.4. The number of benzene rings is 2. The van der Waals surface area contributed by atoms with Crippen LogP contribution in [0, 0.1) is 5.82 Å². The monoisotopic (exact) mass is 279 g/mol. The number of hydrogen-bond donors (Lipinski definition) is 2. The molecule has 0 radical (unpaired) electrons. The number of nitrogens with one attached hydrogen (secondary N) is 1. The Bertz CT molecular complexity index is 616. The van der Waals surface area contributed by atoms with Gasteiger partial charge in [-0.15, -0.1) is 0 Å². The van der Waals surface area contributed by atoms with Crippen LogP contribution in [-0.4, -0.2) is 11.0 Å². The van der Waals surface area contributed by atoms with Crippen LogP contribution in [0.4, 0.5) is 4.39 Å². The maximum atomic E-state index is 13.6. The van der Waals surface area contributed by atoms with E-state index in [1.54, 1.807) is 12.1 Å². The second kappa shape index (κ2) is 5.71. The Morgan fingerprint density at radius 3 is 2.74 bits per heavy atom. The Hall–Kier alpha value is -2.07. The Morgan fingerprint density at radius 2 is 2.00 bits per heavy atom. The molecule has 5 heteroatoms. The molecule has 2 aromatic carbocycles. The standard InChI is InChI=1S/C14H11ClFNO2/c15-12-6-2-5-11(13(12)16)14(19)17-8-9-3-1-4-10(18)7-9/h1-7,18H,8H2,(H,17,19). The SMILES string of the molecule is O=C(NCc1cccc(O)c1)c1cccc(Cl)c1F. The normalized spacial score (nSPS) is 10.2. The summed E-state index contributed by atoms with van der Waals surface area (Å²) in [6, 6.07) is 10.7. The molecule has 0 unspecified atom stereocenters. The summed E-state index contributed by atoms with van der Waals surface area (Å²) in [5, 5.41) is 11.8. The third kappa shape index (κ3) is 3.23. The molecule has 0 aliphatic carbocycles. The van der Waals surface area contributed by atoms with Crippen molar-refractivity contribution in [3.63, 3.8) is 0 Å². The van der Waals surface area contributed by atoms with Crippen LogP contribution < -0.4 is 5.32 Å². The molecule has 0 aliphatic rings. The Kier molecular flexibility index (Phi) is 4.02. The average molecular weight is 280 g/mol. The van der Waals surface area contributed by atoms with Crippen LogP contribution in [0.15, 0.2) is 42.5 Å². The first-order valence-electron chi connectivity index (χ1n) is 5.58. The average Bonchev–Trinajstić information content (AvgIpc) is 2.39. The summed E-state index contributed by atoms with van der Waals surface area (Å²) >= 11 is 5.61. The molecular weight excluding hydrogens is 269 g/mol. The Labute approximate surface area is 114 Å². The van der Waals surface area contributed by atoms with Crippen molar-refractivity contribution in [2.45, 2.75) is 6.54 Å². The Balaban J connectivity index is 2.08. The maximum Gasteiger partial charge on any atom is 0.254 e. The van der Waals surface area contributed by atoms with E-state index in [0.717, 1.165) is 5.56 Å². The molecule has 2 aromatic rings. The molecule has 0 aliphatic heterocycles. The van der Waals surface area contributed by atoms with Crippen LogP contribution >= 0.6 is 11.6 Å². The zero-order valence-electron chi connectivity index (χ0n) is 9.86. The molecule has 98 valence electrons. The third-order valence-corrected chi connectivity index (χ3v) is 2.85. The minimum Gasteiger partial charge on any atom is -0.508 e. The zero-order chi connectivity index (χ0) is 13.8. The number of rotatable bonds is 3. The Morgan fingerprint density at radius 1 is 1.26 bits per heavy atom. The molecule has 0 saturated heterocycles. The van der Waals surface area contributed by atoms with Crippen LogP contribution in [0.2, 0.25) is 5.02 Å². The highest BCUT2D eigenvalue weighted by Gasteiger charge is 2.13. The number of hydrogen-bond acceptors (Lipinski definition) is 2. The highest BCUT2D eigenvalue weighted by Crippen LogP contribution is 2.18. The van der Waals surface area contributed by atoms with Gasteiger partial charge in [0.05, 0.1) is 10.6 Å². The quantitative estimate of drug-likeness (QED) is 0.907. The van der Waals surface area contributed by atoms with Crippen LogP contribution in [-0.2, 0) is 6.54 Å². The highest BCUT2D eigenvalue weighted by atomic mass is 35.5. The summed E-state index contributed by atoms with van der Waals surface area (Å²) in [6.45, 7) is 0.194. The van der Waals surface area contributed by atoms with Crippen LogP contribution in [0.5, 0.6) is 5.75 Å². The molecule has 1 amide bonds. The van der Waals surface area contributed by atoms with Crippen LogP contribution in [0.25, 0.3) is 0 Å². The molecule has 0 aromatic heterocycles. The summed E-state index contributed by atoms with van der Waals surface area (Å²) in [5.41, 5.74) is 0.614. The van der Waals surface area contributed by atoms with Crippen molar-refractivity contribution in [2.75, 3.05) is 0 Å². The van der Waals surface area contributed by atoms with Gasteiger partial charge in [0, 0.05) is 6.54 Å². The van der Waals surface area contributed by atoms with Gasteiger partial charge in [-0.1, -0.05) is 29.8 Å². The van der Waals surface area contributed by atoms with E-state index < -0.39 is 11.7 Å². The second-order valence-corrected chi connectivity index (χ2v) is 4.36. The molecule has 0 fully saturated rings. The van der Waals surface area contributed by atoms with Crippen molar-refractivity contribution >= 4 is 17.5 Å². The maximum absolute atomic E-state index is 13.6. The largest absolute Gasteiger partial charge is 0.508 e. The summed E-state index contributed by atoms with van der Waals surface area (Å²) < 4.78 is 13.6. The first-order valence-corrected chi connectivity index (χ1v) is 5.96. The lowest BCUT2D eigenvalue weighted by atomic mass is 10.1. The van der Waals surface area contributed by atoms with E-state index in [2.05, 4.69) is 5.32 Å². The highest BCUT2D eigenvalue weighted by molar-refractivity contribution is 6.31. The summed E-state index contributed by atoms with van der Waals surface area (Å²) in [4.78, 5) is 11.8. The van der Waals surface area contributed by atoms with Gasteiger partial charge in [-0.25, -0.2) is 4.39 Å². The lowest BCUT2D eigenvalue weighted by Crippen LogP contribution is -2.23. The van der Waals surface area contributed by atoms with E-state index in [4.69, 9.17) is 11.6 Å². The molecule has 0 spiro atoms. The predicted molar refractivity (Wildman–Crippen MR) is 70.7 cm³/mol. The molecule has 2 rings (SSSR count). The first-order chi connectivity index (χ1) is 9.08. The fraction of sp³-hybridized carbons (Fsp3) is 0.0714. The van der Waals surface area contributed by atoms with Crippen molar-refractivity contribution in [3.05, 3.63) is 64.4 Å². The molecule has 0 atom stereocenters. The summed E-state index contributed by atoms with van der Waals surface area (Å²) in [7, 11) is 0. The number of aromatic hydroxyl groups is 1. The fourth-order valence-electron chi connectivity index (χ4n) is 1.62. The number of carbonyl (C=O) groups is 1. The van der Waals surface area contributed by atoms with Crippen molar-refractivity contribution < 1.29 is 14.3 Å². The van der Waals surface area contributed by atoms with E-state index in [1.165, 1.54) is 30.3 Å². The minimum absolute atomic E-state index is 0.0926. The molecule has 3 nitrogen and oxygen atoms in total. The lowest BCUT2D eigenvalue weighted by molar-refractivity contribution is 0.0947. The number of amides is 1. The van der Waals surface area contributed by atoms with Crippen molar-refractivity contribution in [3.8, 4) is 5.75 Å². The van der Waals surface area contributed by atoms with Gasteiger partial charge in [0.1, 0.15) is 5.75 Å². The predicted octanol–water partition coefficient (Wildman–Crippen LogP) is 3.11. The van der Waals surface area contributed by atoms with Gasteiger partial charge in [0.25, 0.3) is 5.91 Å². The van der Waals surface area contributed by atoms with Gasteiger partial charge < -0.3 is 10.4 Å². The number of phenols is 1. The van der Waals surface area contributed by atoms with Crippen LogP contribution in [0.3, 0.4) is 0 Å². The van der Waals surface area contributed by atoms with Gasteiger partial charge in [-0.05, 0) is 29.8 Å². The van der Waals surface area contributed by atoms with Gasteiger partial charge in [0.2, 0.25) is 0 Å². The van der Waals surface area contributed by atoms with E-state index in [1.807, 2.05) is 0 Å². The molecule has 19 heavy (non-hydrogen) atoms. The topological polar surface area (TPSA) is 49.3 Å². The molecule has 0 heterocycles. The minimum atomic E-state index is -0.738. The zero-order valence-corrected chi connectivity index (χ0v) is 10.6. The van der Waals surface area contributed by atoms with E-state index in [0.29, 0.717) is 0 Å². The number of carbonyl (C=O) groups excluding carboxylic acids is 1. The molecule has 0 bridgehead atoms. The summed E-state index contributed by atoms with van der Waals surface area (Å²) in [5.74, 6) is -1.18. The molecule has 2 N–H and O–H groups in total. The molecule has 0 saturated carbocycles. The molecular formula is C14H11ClFNO2. The number of halogens is 2. The van der Waals surface area contributed by atoms with Gasteiger partial charge in [-0.2, -0.15) is 0 Å². The second-order valence-electron chi connectivity index (χ2n) is 3.95. The fourth-order valence-corrected chi connectivity index (χ4v) is 1.80. The summed E-state index contributed by atoms with van der Waals surface area (Å²) in [6.07, 6.45) is 0. The van der Waals surface area contributed by atoms with E-state index in [9.17, 15) is 14.3 Å². The van der Waals surface area contributed by atoms with E-state index >= 15 is 0 Å². The lowest BCUT2D eigenvalue weighted by Gasteiger charge is -2.07. The third-order valence-electron chi connectivity index (χ3n) is 2.56. The van der Waals surface area contributed by atoms with E-state index in [-0.39, 0.29) is 22.9 Å². The van der Waals surface area contributed by atoms with Gasteiger partial charge in [0.15, 0.2) is 5.82 Å². The van der Waals surface area contributed by atoms with Crippen molar-refractivity contribution in [2.24, 2.45) is 0 Å². The van der Waals surface area contributed by atoms with Crippen molar-refractivity contribution in [1.82, 2.24) is 5.32 Å².